The van der Waals surface area contributed by atoms with Crippen molar-refractivity contribution in [3.8, 4) is 0 Å². The molecule has 0 aliphatic rings. The van der Waals surface area contributed by atoms with Gasteiger partial charge in [-0.1, -0.05) is 11.6 Å². The van der Waals surface area contributed by atoms with Gasteiger partial charge in [0, 0.05) is 12.2 Å². The van der Waals surface area contributed by atoms with Gasteiger partial charge >= 0.3 is 0 Å². The summed E-state index contributed by atoms with van der Waals surface area (Å²) in [6.07, 6.45) is 1.53. The molecule has 1 aromatic carbocycles. The van der Waals surface area contributed by atoms with Crippen molar-refractivity contribution in [3.05, 3.63) is 35.4 Å². The van der Waals surface area contributed by atoms with Gasteiger partial charge in [0.05, 0.1) is 11.3 Å². The number of imidazole rings is 1. The van der Waals surface area contributed by atoms with Crippen LogP contribution >= 0.6 is 11.6 Å². The van der Waals surface area contributed by atoms with Crippen molar-refractivity contribution in [1.29, 1.82) is 0 Å². The molecule has 0 fully saturated rings. The summed E-state index contributed by atoms with van der Waals surface area (Å²) in [5, 5.41) is 6.14. The zero-order chi connectivity index (χ0) is 14.8. The molecule has 3 aromatic rings. The Morgan fingerprint density at radius 2 is 2.19 bits per heavy atom. The number of rotatable bonds is 4. The third-order valence-corrected chi connectivity index (χ3v) is 3.11. The van der Waals surface area contributed by atoms with Gasteiger partial charge in [-0.05, 0) is 25.1 Å². The van der Waals surface area contributed by atoms with Crippen LogP contribution in [0.15, 0.2) is 24.5 Å². The summed E-state index contributed by atoms with van der Waals surface area (Å²) >= 11 is 5.67. The van der Waals surface area contributed by atoms with E-state index in [0.29, 0.717) is 35.2 Å². The molecule has 6 nitrogen and oxygen atoms in total. The molecule has 2 aromatic heterocycles. The Labute approximate surface area is 124 Å². The third kappa shape index (κ3) is 2.73. The van der Waals surface area contributed by atoms with Crippen molar-refractivity contribution < 1.29 is 4.39 Å². The molecule has 0 aliphatic carbocycles. The van der Waals surface area contributed by atoms with Gasteiger partial charge in [-0.25, -0.2) is 9.37 Å². The molecule has 0 atom stereocenters. The molecule has 3 rings (SSSR count). The zero-order valence-electron chi connectivity index (χ0n) is 11.1. The van der Waals surface area contributed by atoms with Gasteiger partial charge in [-0.15, -0.1) is 0 Å². The molecular weight excluding hydrogens is 295 g/mol. The zero-order valence-corrected chi connectivity index (χ0v) is 11.9. The molecule has 0 saturated carbocycles. The van der Waals surface area contributed by atoms with E-state index in [2.05, 4.69) is 30.6 Å². The second-order valence-electron chi connectivity index (χ2n) is 4.28. The molecule has 0 unspecified atom stereocenters. The fourth-order valence-corrected chi connectivity index (χ4v) is 1.99. The van der Waals surface area contributed by atoms with Crippen molar-refractivity contribution in [1.82, 2.24) is 19.9 Å². The number of benzene rings is 1. The minimum absolute atomic E-state index is 0.0725. The highest BCUT2D eigenvalue weighted by molar-refractivity contribution is 6.30. The van der Waals surface area contributed by atoms with Crippen LogP contribution in [0.3, 0.4) is 0 Å². The van der Waals surface area contributed by atoms with Gasteiger partial charge in [0.2, 0.25) is 5.95 Å². The lowest BCUT2D eigenvalue weighted by Crippen LogP contribution is -2.05. The van der Waals surface area contributed by atoms with Crippen LogP contribution in [0, 0.1) is 5.82 Å². The molecule has 0 amide bonds. The Morgan fingerprint density at radius 1 is 1.33 bits per heavy atom. The van der Waals surface area contributed by atoms with Crippen molar-refractivity contribution in [2.24, 2.45) is 0 Å². The number of nitrogens with zero attached hydrogens (tertiary/aromatic N) is 3. The lowest BCUT2D eigenvalue weighted by molar-refractivity contribution is 0.629. The van der Waals surface area contributed by atoms with E-state index < -0.39 is 5.82 Å². The van der Waals surface area contributed by atoms with Crippen molar-refractivity contribution in [2.45, 2.75) is 6.92 Å². The molecule has 21 heavy (non-hydrogen) atoms. The Hall–Kier alpha value is -2.41. The second kappa shape index (κ2) is 5.53. The second-order valence-corrected chi connectivity index (χ2v) is 4.69. The fraction of sp³-hybridized carbons (Fsp3) is 0.154. The maximum Gasteiger partial charge on any atom is 0.226 e. The average Bonchev–Trinajstić information content (AvgIpc) is 2.92. The number of aromatic nitrogens is 4. The largest absolute Gasteiger partial charge is 0.354 e. The number of aromatic amines is 1. The molecule has 0 spiro atoms. The Balaban J connectivity index is 2.01. The van der Waals surface area contributed by atoms with E-state index in [0.717, 1.165) is 0 Å². The van der Waals surface area contributed by atoms with Crippen molar-refractivity contribution >= 4 is 40.2 Å². The first-order valence-corrected chi connectivity index (χ1v) is 6.72. The standard InChI is InChI=1S/C13H12ClFN6/c1-2-16-13-20-11-10(17-6-18-11)12(21-13)19-7-3-4-8(14)9(15)5-7/h3-6H,2H2,1H3,(H3,16,17,18,19,20,21). The van der Waals surface area contributed by atoms with Gasteiger partial charge in [0.25, 0.3) is 0 Å². The monoisotopic (exact) mass is 306 g/mol. The van der Waals surface area contributed by atoms with E-state index in [-0.39, 0.29) is 5.02 Å². The summed E-state index contributed by atoms with van der Waals surface area (Å²) in [4.78, 5) is 15.7. The van der Waals surface area contributed by atoms with E-state index >= 15 is 0 Å². The van der Waals surface area contributed by atoms with E-state index in [9.17, 15) is 4.39 Å². The summed E-state index contributed by atoms with van der Waals surface area (Å²) in [7, 11) is 0. The molecule has 8 heteroatoms. The molecule has 0 radical (unpaired) electrons. The van der Waals surface area contributed by atoms with Crippen LogP contribution in [0.1, 0.15) is 6.92 Å². The van der Waals surface area contributed by atoms with Crippen LogP contribution < -0.4 is 10.6 Å². The maximum absolute atomic E-state index is 13.5. The van der Waals surface area contributed by atoms with E-state index in [1.165, 1.54) is 18.5 Å². The van der Waals surface area contributed by atoms with E-state index in [1.807, 2.05) is 6.92 Å². The number of hydrogen-bond acceptors (Lipinski definition) is 5. The summed E-state index contributed by atoms with van der Waals surface area (Å²) in [6, 6.07) is 4.46. The Kier molecular flexibility index (Phi) is 3.57. The first-order valence-electron chi connectivity index (χ1n) is 6.34. The van der Waals surface area contributed by atoms with Gasteiger partial charge in [-0.2, -0.15) is 9.97 Å². The number of fused-ring (bicyclic) bond motifs is 1. The molecule has 108 valence electrons. The number of nitrogens with one attached hydrogen (secondary N) is 3. The maximum atomic E-state index is 13.5. The van der Waals surface area contributed by atoms with Crippen molar-refractivity contribution in [3.63, 3.8) is 0 Å². The summed E-state index contributed by atoms with van der Waals surface area (Å²) in [5.41, 5.74) is 1.71. The molecule has 0 aliphatic heterocycles. The van der Waals surface area contributed by atoms with Crippen LogP contribution in [0.2, 0.25) is 5.02 Å². The highest BCUT2D eigenvalue weighted by Crippen LogP contribution is 2.25. The lowest BCUT2D eigenvalue weighted by atomic mass is 10.3. The van der Waals surface area contributed by atoms with E-state index in [1.54, 1.807) is 6.07 Å². The molecular formula is C13H12ClFN6. The van der Waals surface area contributed by atoms with Gasteiger partial charge in [-0.3, -0.25) is 0 Å². The third-order valence-electron chi connectivity index (χ3n) is 2.80. The molecule has 0 saturated heterocycles. The van der Waals surface area contributed by atoms with E-state index in [4.69, 9.17) is 11.6 Å². The van der Waals surface area contributed by atoms with Crippen LogP contribution in [0.25, 0.3) is 11.2 Å². The van der Waals surface area contributed by atoms with Gasteiger partial charge in [0.1, 0.15) is 11.3 Å². The quantitative estimate of drug-likeness (QED) is 0.689. The number of anilines is 3. The minimum Gasteiger partial charge on any atom is -0.354 e. The number of H-pyrrole nitrogens is 1. The van der Waals surface area contributed by atoms with Crippen LogP contribution in [0.5, 0.6) is 0 Å². The SMILES string of the molecule is CCNc1nc(Nc2ccc(Cl)c(F)c2)c2[nH]cnc2n1. The van der Waals surface area contributed by atoms with Crippen molar-refractivity contribution in [2.75, 3.05) is 17.2 Å². The number of hydrogen-bond donors (Lipinski definition) is 3. The highest BCUT2D eigenvalue weighted by Gasteiger charge is 2.10. The predicted octanol–water partition coefficient (Wildman–Crippen LogP) is 3.32. The normalized spacial score (nSPS) is 10.8. The predicted molar refractivity (Wildman–Crippen MR) is 80.5 cm³/mol. The number of halogens is 2. The average molecular weight is 307 g/mol. The first kappa shape index (κ1) is 13.6. The Bertz CT molecular complexity index is 787. The van der Waals surface area contributed by atoms with Crippen LogP contribution in [0.4, 0.5) is 21.8 Å². The highest BCUT2D eigenvalue weighted by atomic mass is 35.5. The lowest BCUT2D eigenvalue weighted by Gasteiger charge is -2.09. The molecule has 2 heterocycles. The topological polar surface area (TPSA) is 78.5 Å². The summed E-state index contributed by atoms with van der Waals surface area (Å²) in [5.74, 6) is 0.465. The molecule has 3 N–H and O–H groups in total. The first-order chi connectivity index (χ1) is 10.2. The summed E-state index contributed by atoms with van der Waals surface area (Å²) < 4.78 is 13.5. The van der Waals surface area contributed by atoms with Gasteiger partial charge < -0.3 is 15.6 Å². The minimum atomic E-state index is -0.497. The van der Waals surface area contributed by atoms with Gasteiger partial charge in [0.15, 0.2) is 11.5 Å². The molecule has 0 bridgehead atoms. The smallest absolute Gasteiger partial charge is 0.226 e. The Morgan fingerprint density at radius 3 is 2.95 bits per heavy atom. The van der Waals surface area contributed by atoms with Crippen LogP contribution in [-0.4, -0.2) is 26.5 Å². The fourth-order valence-electron chi connectivity index (χ4n) is 1.87. The summed E-state index contributed by atoms with van der Waals surface area (Å²) in [6.45, 7) is 2.63. The van der Waals surface area contributed by atoms with Crippen LogP contribution in [-0.2, 0) is 0 Å².